The largest absolute Gasteiger partial charge is 0.398 e. The van der Waals surface area contributed by atoms with Gasteiger partial charge in [-0.25, -0.2) is 14.4 Å². The third-order valence-electron chi connectivity index (χ3n) is 8.33. The van der Waals surface area contributed by atoms with Gasteiger partial charge in [0, 0.05) is 56.4 Å². The van der Waals surface area contributed by atoms with Crippen molar-refractivity contribution < 1.29 is 14.0 Å². The number of amides is 2. The Kier molecular flexibility index (Phi) is 8.99. The van der Waals surface area contributed by atoms with Crippen LogP contribution in [0.15, 0.2) is 55.1 Å². The van der Waals surface area contributed by atoms with Crippen molar-refractivity contribution in [1.29, 1.82) is 5.41 Å². The molecule has 2 aliphatic rings. The number of aryl methyl sites for hydroxylation is 1. The lowest BCUT2D eigenvalue weighted by Crippen LogP contribution is -2.42. The van der Waals surface area contributed by atoms with E-state index in [1.807, 2.05) is 18.9 Å². The SMILES string of the molecule is CCN(C(=O)[C@@H]1CCN(CC(=O)N2CC=C(c3ncc(-c4ncn(C)n4)s3)CC2)C1)c1ccc(N)c(C(=N)c2ccc(F)cn2)c1. The van der Waals surface area contributed by atoms with Crippen molar-refractivity contribution in [2.24, 2.45) is 13.0 Å². The van der Waals surface area contributed by atoms with Crippen molar-refractivity contribution in [1.82, 2.24) is 34.5 Å². The van der Waals surface area contributed by atoms with E-state index in [1.165, 1.54) is 12.1 Å². The van der Waals surface area contributed by atoms with Crippen LogP contribution in [0.1, 0.15) is 36.0 Å². The van der Waals surface area contributed by atoms with Gasteiger partial charge in [0.2, 0.25) is 11.8 Å². The Labute approximate surface area is 269 Å². The molecule has 1 saturated heterocycles. The lowest BCUT2D eigenvalue weighted by molar-refractivity contribution is -0.132. The molecule has 0 aliphatic carbocycles. The molecular formula is C32H35FN10O2S. The van der Waals surface area contributed by atoms with E-state index in [4.69, 9.17) is 11.1 Å². The Morgan fingerprint density at radius 2 is 2.00 bits per heavy atom. The average Bonchev–Trinajstić information content (AvgIpc) is 3.84. The van der Waals surface area contributed by atoms with Crippen LogP contribution < -0.4 is 10.6 Å². The topological polar surface area (TPSA) is 150 Å². The lowest BCUT2D eigenvalue weighted by Gasteiger charge is -2.28. The quantitative estimate of drug-likeness (QED) is 0.208. The number of nitrogens with one attached hydrogen (secondary N) is 1. The monoisotopic (exact) mass is 642 g/mol. The van der Waals surface area contributed by atoms with E-state index in [9.17, 15) is 14.0 Å². The van der Waals surface area contributed by atoms with Crippen molar-refractivity contribution in [2.45, 2.75) is 19.8 Å². The van der Waals surface area contributed by atoms with Crippen molar-refractivity contribution in [3.63, 3.8) is 0 Å². The molecule has 2 amide bonds. The highest BCUT2D eigenvalue weighted by Crippen LogP contribution is 2.31. The summed E-state index contributed by atoms with van der Waals surface area (Å²) in [6.07, 6.45) is 7.96. The third-order valence-corrected chi connectivity index (χ3v) is 9.40. The minimum Gasteiger partial charge on any atom is -0.398 e. The molecule has 3 aromatic heterocycles. The molecule has 3 N–H and O–H groups in total. The zero-order valence-corrected chi connectivity index (χ0v) is 26.5. The van der Waals surface area contributed by atoms with Crippen LogP contribution in [0.5, 0.6) is 0 Å². The highest BCUT2D eigenvalue weighted by atomic mass is 32.1. The predicted octanol–water partition coefficient (Wildman–Crippen LogP) is 3.46. The first kappa shape index (κ1) is 31.2. The maximum atomic E-state index is 13.7. The van der Waals surface area contributed by atoms with Gasteiger partial charge in [-0.15, -0.1) is 11.3 Å². The summed E-state index contributed by atoms with van der Waals surface area (Å²) in [4.78, 5) is 46.3. The number of hydrogen-bond donors (Lipinski definition) is 2. The summed E-state index contributed by atoms with van der Waals surface area (Å²) in [5.41, 5.74) is 9.05. The molecule has 1 fully saturated rings. The van der Waals surface area contributed by atoms with Gasteiger partial charge in [0.25, 0.3) is 0 Å². The van der Waals surface area contributed by atoms with Gasteiger partial charge in [-0.3, -0.25) is 29.6 Å². The molecule has 14 heteroatoms. The summed E-state index contributed by atoms with van der Waals surface area (Å²) in [5, 5.41) is 13.9. The van der Waals surface area contributed by atoms with Crippen LogP contribution in [-0.4, -0.2) is 91.3 Å². The van der Waals surface area contributed by atoms with Gasteiger partial charge < -0.3 is 15.5 Å². The average molecular weight is 643 g/mol. The molecular weight excluding hydrogens is 607 g/mol. The van der Waals surface area contributed by atoms with Gasteiger partial charge >= 0.3 is 0 Å². The Morgan fingerprint density at radius 1 is 1.15 bits per heavy atom. The second kappa shape index (κ2) is 13.3. The molecule has 1 aromatic carbocycles. The number of pyridine rings is 1. The predicted molar refractivity (Wildman–Crippen MR) is 175 cm³/mol. The molecule has 0 saturated carbocycles. The van der Waals surface area contributed by atoms with Crippen molar-refractivity contribution in [3.8, 4) is 10.7 Å². The van der Waals surface area contributed by atoms with E-state index in [0.717, 1.165) is 28.1 Å². The van der Waals surface area contributed by atoms with Crippen LogP contribution in [0, 0.1) is 17.1 Å². The number of hydrogen-bond acceptors (Lipinski definition) is 10. The highest BCUT2D eigenvalue weighted by molar-refractivity contribution is 7.16. The lowest BCUT2D eigenvalue weighted by atomic mass is 10.0. The number of carbonyl (C=O) groups is 2. The second-order valence-corrected chi connectivity index (χ2v) is 12.4. The molecule has 12 nitrogen and oxygen atoms in total. The fourth-order valence-corrected chi connectivity index (χ4v) is 6.73. The number of aromatic nitrogens is 5. The van der Waals surface area contributed by atoms with Crippen LogP contribution in [0.25, 0.3) is 16.3 Å². The molecule has 5 heterocycles. The van der Waals surface area contributed by atoms with Gasteiger partial charge in [0.05, 0.1) is 34.9 Å². The number of anilines is 2. The van der Waals surface area contributed by atoms with Crippen molar-refractivity contribution in [3.05, 3.63) is 77.2 Å². The smallest absolute Gasteiger partial charge is 0.237 e. The van der Waals surface area contributed by atoms with Crippen molar-refractivity contribution >= 4 is 45.8 Å². The maximum absolute atomic E-state index is 13.7. The van der Waals surface area contributed by atoms with Crippen LogP contribution in [0.2, 0.25) is 0 Å². The number of thiazole rings is 1. The van der Waals surface area contributed by atoms with E-state index in [-0.39, 0.29) is 35.7 Å². The van der Waals surface area contributed by atoms with Gasteiger partial charge in [-0.05, 0) is 62.2 Å². The van der Waals surface area contributed by atoms with Gasteiger partial charge in [-0.2, -0.15) is 5.10 Å². The molecule has 0 unspecified atom stereocenters. The number of nitrogens with zero attached hydrogens (tertiary/aromatic N) is 8. The summed E-state index contributed by atoms with van der Waals surface area (Å²) in [6, 6.07) is 7.82. The molecule has 0 radical (unpaired) electrons. The third kappa shape index (κ3) is 6.58. The Bertz CT molecular complexity index is 1800. The van der Waals surface area contributed by atoms with Crippen LogP contribution in [0.3, 0.4) is 0 Å². The van der Waals surface area contributed by atoms with Gasteiger partial charge in [-0.1, -0.05) is 6.08 Å². The van der Waals surface area contributed by atoms with Crippen molar-refractivity contribution in [2.75, 3.05) is 49.9 Å². The minimum atomic E-state index is -0.490. The molecule has 2 aliphatic heterocycles. The van der Waals surface area contributed by atoms with Gasteiger partial charge in [0.15, 0.2) is 5.82 Å². The summed E-state index contributed by atoms with van der Waals surface area (Å²) in [7, 11) is 1.83. The molecule has 46 heavy (non-hydrogen) atoms. The number of nitrogens with two attached hydrogens (primary N) is 1. The number of likely N-dealkylation sites (tertiary alicyclic amines) is 1. The first-order valence-electron chi connectivity index (χ1n) is 15.1. The minimum absolute atomic E-state index is 0.0334. The highest BCUT2D eigenvalue weighted by Gasteiger charge is 2.33. The first-order valence-corrected chi connectivity index (χ1v) is 15.9. The second-order valence-electron chi connectivity index (χ2n) is 11.4. The first-order chi connectivity index (χ1) is 22.2. The van der Waals surface area contributed by atoms with E-state index in [0.29, 0.717) is 61.9 Å². The maximum Gasteiger partial charge on any atom is 0.237 e. The summed E-state index contributed by atoms with van der Waals surface area (Å²) in [5.74, 6) is -0.0798. The van der Waals surface area contributed by atoms with Crippen LogP contribution in [0.4, 0.5) is 15.8 Å². The Morgan fingerprint density at radius 3 is 2.70 bits per heavy atom. The molecule has 4 aromatic rings. The number of nitrogen functional groups attached to an aromatic ring is 1. The number of benzene rings is 1. The summed E-state index contributed by atoms with van der Waals surface area (Å²) < 4.78 is 15.0. The van der Waals surface area contributed by atoms with Crippen LogP contribution >= 0.6 is 11.3 Å². The van der Waals surface area contributed by atoms with E-state index < -0.39 is 5.82 Å². The fourth-order valence-electron chi connectivity index (χ4n) is 5.81. The Balaban J connectivity index is 1.05. The normalized spacial score (nSPS) is 16.8. The molecule has 1 atom stereocenters. The zero-order valence-electron chi connectivity index (χ0n) is 25.7. The van der Waals surface area contributed by atoms with Gasteiger partial charge in [0.1, 0.15) is 17.2 Å². The summed E-state index contributed by atoms with van der Waals surface area (Å²) >= 11 is 1.55. The number of halogens is 1. The van der Waals surface area contributed by atoms with E-state index >= 15 is 0 Å². The van der Waals surface area contributed by atoms with Crippen LogP contribution in [-0.2, 0) is 16.6 Å². The molecule has 0 bridgehead atoms. The van der Waals surface area contributed by atoms with E-state index in [2.05, 4.69) is 31.0 Å². The molecule has 238 valence electrons. The number of carbonyl (C=O) groups excluding carboxylic acids is 2. The Hall–Kier alpha value is -4.82. The zero-order chi connectivity index (χ0) is 32.4. The summed E-state index contributed by atoms with van der Waals surface area (Å²) in [6.45, 7) is 4.89. The van der Waals surface area contributed by atoms with E-state index in [1.54, 1.807) is 51.6 Å². The standard InChI is InChI=1S/C32H35FN10O2S/c1-3-43(23-5-6-25(34)24(14-23)29(35)26-7-4-22(33)15-36-26)32(45)21-8-11-41(17-21)18-28(44)42-12-9-20(10-13-42)31-37-16-27(46-31)30-38-19-40(2)39-30/h4-7,9,14-16,19,21,35H,3,8,10-13,17-18,34H2,1-2H3/t21-/m1/s1. The fraction of sp³-hybridized carbons (Fsp3) is 0.344. The number of rotatable bonds is 9. The molecule has 0 spiro atoms. The molecule has 6 rings (SSSR count).